The molecule has 0 aliphatic carbocycles. The van der Waals surface area contributed by atoms with E-state index in [1.807, 2.05) is 91.0 Å². The minimum Gasteiger partial charge on any atom is -0.385 e. The molecule has 2 aliphatic rings. The Morgan fingerprint density at radius 3 is 1.94 bits per heavy atom. The molecule has 2 saturated heterocycles. The Kier molecular flexibility index (Phi) is 7.12. The van der Waals surface area contributed by atoms with Crippen LogP contribution in [0.3, 0.4) is 0 Å². The maximum atomic E-state index is 11.2. The summed E-state index contributed by atoms with van der Waals surface area (Å²) >= 11 is 0. The van der Waals surface area contributed by atoms with Gasteiger partial charge in [0, 0.05) is 5.56 Å². The van der Waals surface area contributed by atoms with Crippen LogP contribution in [0.1, 0.15) is 23.0 Å². The molecule has 2 heterocycles. The summed E-state index contributed by atoms with van der Waals surface area (Å²) in [4.78, 5) is 0. The van der Waals surface area contributed by atoms with E-state index in [9.17, 15) is 5.11 Å². The number of hydrogen-bond acceptors (Lipinski definition) is 6. The highest BCUT2D eigenvalue weighted by atomic mass is 16.8. The van der Waals surface area contributed by atoms with Gasteiger partial charge in [-0.2, -0.15) is 0 Å². The Labute approximate surface area is 193 Å². The molecule has 33 heavy (non-hydrogen) atoms. The molecule has 5 rings (SSSR count). The first-order chi connectivity index (χ1) is 16.3. The Morgan fingerprint density at radius 1 is 0.727 bits per heavy atom. The number of rotatable bonds is 7. The normalized spacial score (nSPS) is 29.4. The van der Waals surface area contributed by atoms with Gasteiger partial charge in [-0.1, -0.05) is 91.0 Å². The Hall–Kier alpha value is -2.58. The van der Waals surface area contributed by atoms with E-state index in [0.717, 1.165) is 16.7 Å². The second kappa shape index (κ2) is 10.6. The van der Waals surface area contributed by atoms with Crippen LogP contribution in [-0.4, -0.2) is 42.4 Å². The van der Waals surface area contributed by atoms with Crippen LogP contribution in [0.2, 0.25) is 0 Å². The smallest absolute Gasteiger partial charge is 0.187 e. The molecule has 0 radical (unpaired) electrons. The molecule has 6 nitrogen and oxygen atoms in total. The van der Waals surface area contributed by atoms with Gasteiger partial charge in [0.15, 0.2) is 12.6 Å². The summed E-state index contributed by atoms with van der Waals surface area (Å²) in [5.74, 6) is 0. The van der Waals surface area contributed by atoms with Crippen molar-refractivity contribution in [3.8, 4) is 0 Å². The van der Waals surface area contributed by atoms with Gasteiger partial charge in [0.2, 0.25) is 0 Å². The highest BCUT2D eigenvalue weighted by Crippen LogP contribution is 2.36. The molecular weight excluding hydrogens is 420 g/mol. The average molecular weight is 449 g/mol. The summed E-state index contributed by atoms with van der Waals surface area (Å²) in [6, 6.07) is 29.4. The second-order valence-electron chi connectivity index (χ2n) is 8.27. The van der Waals surface area contributed by atoms with Gasteiger partial charge in [0.25, 0.3) is 0 Å². The molecule has 3 aromatic carbocycles. The van der Waals surface area contributed by atoms with E-state index >= 15 is 0 Å². The van der Waals surface area contributed by atoms with E-state index in [2.05, 4.69) is 0 Å². The summed E-state index contributed by atoms with van der Waals surface area (Å²) in [5, 5.41) is 11.2. The van der Waals surface area contributed by atoms with E-state index in [-0.39, 0.29) is 0 Å². The maximum Gasteiger partial charge on any atom is 0.187 e. The third-order valence-corrected chi connectivity index (χ3v) is 5.92. The quantitative estimate of drug-likeness (QED) is 0.590. The topological polar surface area (TPSA) is 66.4 Å². The molecule has 3 aromatic rings. The SMILES string of the molecule is OC1[C@@H](OCc2ccccc2)OC2COC(c3ccccc3)O[C@H]2[C@@H]1OCc1ccccc1. The Bertz CT molecular complexity index is 983. The molecule has 2 fully saturated rings. The summed E-state index contributed by atoms with van der Waals surface area (Å²) in [6.07, 6.45) is -3.98. The zero-order valence-electron chi connectivity index (χ0n) is 18.2. The van der Waals surface area contributed by atoms with Crippen molar-refractivity contribution in [1.82, 2.24) is 0 Å². The highest BCUT2D eigenvalue weighted by molar-refractivity contribution is 5.17. The van der Waals surface area contributed by atoms with Crippen LogP contribution in [-0.2, 0) is 36.9 Å². The lowest BCUT2D eigenvalue weighted by molar-refractivity contribution is -0.368. The lowest BCUT2D eigenvalue weighted by Crippen LogP contribution is -2.62. The van der Waals surface area contributed by atoms with Crippen LogP contribution in [0.15, 0.2) is 91.0 Å². The van der Waals surface area contributed by atoms with Crippen molar-refractivity contribution < 1.29 is 28.8 Å². The summed E-state index contributed by atoms with van der Waals surface area (Å²) in [6.45, 7) is 0.977. The van der Waals surface area contributed by atoms with Gasteiger partial charge in [0.05, 0.1) is 19.8 Å². The van der Waals surface area contributed by atoms with Crippen molar-refractivity contribution in [2.75, 3.05) is 6.61 Å². The molecule has 1 N–H and O–H groups in total. The van der Waals surface area contributed by atoms with Gasteiger partial charge in [-0.05, 0) is 11.1 Å². The molecule has 0 aromatic heterocycles. The molecule has 6 atom stereocenters. The van der Waals surface area contributed by atoms with Crippen LogP contribution in [0.5, 0.6) is 0 Å². The van der Waals surface area contributed by atoms with Gasteiger partial charge in [0.1, 0.15) is 24.4 Å². The molecular formula is C27H28O6. The first-order valence-electron chi connectivity index (χ1n) is 11.2. The van der Waals surface area contributed by atoms with E-state index in [1.54, 1.807) is 0 Å². The van der Waals surface area contributed by atoms with Crippen LogP contribution in [0.25, 0.3) is 0 Å². The van der Waals surface area contributed by atoms with E-state index in [0.29, 0.717) is 19.8 Å². The molecule has 6 heteroatoms. The molecule has 3 unspecified atom stereocenters. The van der Waals surface area contributed by atoms with Crippen molar-refractivity contribution in [1.29, 1.82) is 0 Å². The fraction of sp³-hybridized carbons (Fsp3) is 0.333. The van der Waals surface area contributed by atoms with Crippen molar-refractivity contribution in [3.63, 3.8) is 0 Å². The van der Waals surface area contributed by atoms with Crippen LogP contribution in [0.4, 0.5) is 0 Å². The summed E-state index contributed by atoms with van der Waals surface area (Å²) < 4.78 is 30.5. The van der Waals surface area contributed by atoms with Gasteiger partial charge >= 0.3 is 0 Å². The molecule has 0 amide bonds. The van der Waals surface area contributed by atoms with Crippen molar-refractivity contribution in [2.45, 2.75) is 50.2 Å². The largest absolute Gasteiger partial charge is 0.385 e. The lowest BCUT2D eigenvalue weighted by Gasteiger charge is -2.47. The van der Waals surface area contributed by atoms with E-state index in [4.69, 9.17) is 23.7 Å². The minimum absolute atomic E-state index is 0.313. The number of fused-ring (bicyclic) bond motifs is 1. The zero-order chi connectivity index (χ0) is 22.5. The van der Waals surface area contributed by atoms with Crippen LogP contribution in [0, 0.1) is 0 Å². The molecule has 0 bridgehead atoms. The van der Waals surface area contributed by atoms with E-state index < -0.39 is 37.0 Å². The van der Waals surface area contributed by atoms with Gasteiger partial charge in [-0.25, -0.2) is 0 Å². The summed E-state index contributed by atoms with van der Waals surface area (Å²) in [5.41, 5.74) is 2.92. The fourth-order valence-electron chi connectivity index (χ4n) is 4.19. The number of aliphatic hydroxyl groups excluding tert-OH is 1. The van der Waals surface area contributed by atoms with Crippen molar-refractivity contribution in [3.05, 3.63) is 108 Å². The minimum atomic E-state index is -1.02. The van der Waals surface area contributed by atoms with Gasteiger partial charge < -0.3 is 28.8 Å². The average Bonchev–Trinajstić information content (AvgIpc) is 2.88. The monoisotopic (exact) mass is 448 g/mol. The fourth-order valence-corrected chi connectivity index (χ4v) is 4.19. The third-order valence-electron chi connectivity index (χ3n) is 5.92. The highest BCUT2D eigenvalue weighted by Gasteiger charge is 2.50. The van der Waals surface area contributed by atoms with Gasteiger partial charge in [-0.15, -0.1) is 0 Å². The zero-order valence-corrected chi connectivity index (χ0v) is 18.2. The predicted octanol–water partition coefficient (Wildman–Crippen LogP) is 3.99. The number of benzene rings is 3. The Balaban J connectivity index is 1.32. The van der Waals surface area contributed by atoms with Crippen molar-refractivity contribution in [2.24, 2.45) is 0 Å². The van der Waals surface area contributed by atoms with Crippen LogP contribution < -0.4 is 0 Å². The molecule has 172 valence electrons. The number of hydrogen-bond donors (Lipinski definition) is 1. The molecule has 0 spiro atoms. The van der Waals surface area contributed by atoms with Crippen LogP contribution >= 0.6 is 0 Å². The number of ether oxygens (including phenoxy) is 5. The number of aliphatic hydroxyl groups is 1. The second-order valence-corrected chi connectivity index (χ2v) is 8.27. The first-order valence-corrected chi connectivity index (χ1v) is 11.2. The lowest BCUT2D eigenvalue weighted by atomic mass is 9.97. The predicted molar refractivity (Wildman–Crippen MR) is 121 cm³/mol. The standard InChI is InChI=1S/C27H28O6/c28-23-25(29-16-19-10-4-1-5-11-19)24-22(18-31-26(33-24)21-14-8-3-9-15-21)32-27(23)30-17-20-12-6-2-7-13-20/h1-15,22-28H,16-18H2/t22?,23?,24-,25-,26?,27+/m1/s1. The third kappa shape index (κ3) is 5.33. The summed E-state index contributed by atoms with van der Waals surface area (Å²) in [7, 11) is 0. The van der Waals surface area contributed by atoms with E-state index in [1.165, 1.54) is 0 Å². The van der Waals surface area contributed by atoms with Crippen molar-refractivity contribution >= 4 is 0 Å². The first kappa shape index (κ1) is 22.2. The molecule has 2 aliphatic heterocycles. The van der Waals surface area contributed by atoms with Gasteiger partial charge in [-0.3, -0.25) is 0 Å². The maximum absolute atomic E-state index is 11.2. The Morgan fingerprint density at radius 2 is 1.30 bits per heavy atom. The molecule has 0 saturated carbocycles.